The molecule has 0 radical (unpaired) electrons. The molecule has 0 aliphatic rings. The standard InChI is InChI=1S/C12H14N2O/c1-2-12(15)11-8-9-13-14(11)10-6-4-3-5-7-10/h3-9,12,15H,2H2,1H3. The number of para-hydroxylation sites is 1. The second-order valence-corrected chi connectivity index (χ2v) is 3.43. The van der Waals surface area contributed by atoms with Crippen molar-refractivity contribution in [2.75, 3.05) is 0 Å². The zero-order chi connectivity index (χ0) is 10.7. The first-order valence-electron chi connectivity index (χ1n) is 5.10. The first kappa shape index (κ1) is 9.93. The van der Waals surface area contributed by atoms with Gasteiger partial charge in [-0.1, -0.05) is 25.1 Å². The lowest BCUT2D eigenvalue weighted by molar-refractivity contribution is 0.166. The van der Waals surface area contributed by atoms with Crippen molar-refractivity contribution >= 4 is 0 Å². The molecular weight excluding hydrogens is 188 g/mol. The van der Waals surface area contributed by atoms with Crippen molar-refractivity contribution in [3.63, 3.8) is 0 Å². The van der Waals surface area contributed by atoms with Crippen LogP contribution in [0, 0.1) is 0 Å². The van der Waals surface area contributed by atoms with Crippen molar-refractivity contribution in [2.24, 2.45) is 0 Å². The summed E-state index contributed by atoms with van der Waals surface area (Å²) in [7, 11) is 0. The summed E-state index contributed by atoms with van der Waals surface area (Å²) >= 11 is 0. The molecule has 0 saturated heterocycles. The van der Waals surface area contributed by atoms with Crippen molar-refractivity contribution in [2.45, 2.75) is 19.4 Å². The molecule has 0 amide bonds. The van der Waals surface area contributed by atoms with Crippen molar-refractivity contribution in [3.05, 3.63) is 48.3 Å². The minimum Gasteiger partial charge on any atom is -0.387 e. The summed E-state index contributed by atoms with van der Waals surface area (Å²) in [4.78, 5) is 0. The molecule has 3 nitrogen and oxygen atoms in total. The number of benzene rings is 1. The van der Waals surface area contributed by atoms with E-state index in [4.69, 9.17) is 0 Å². The van der Waals surface area contributed by atoms with Gasteiger partial charge in [0, 0.05) is 6.20 Å². The molecule has 1 aromatic heterocycles. The van der Waals surface area contributed by atoms with Crippen molar-refractivity contribution in [1.82, 2.24) is 9.78 Å². The molecular formula is C12H14N2O. The molecule has 0 spiro atoms. The number of aliphatic hydroxyl groups is 1. The highest BCUT2D eigenvalue weighted by Crippen LogP contribution is 2.18. The Morgan fingerprint density at radius 1 is 1.27 bits per heavy atom. The second-order valence-electron chi connectivity index (χ2n) is 3.43. The molecule has 0 bridgehead atoms. The van der Waals surface area contributed by atoms with Crippen LogP contribution in [0.25, 0.3) is 5.69 Å². The van der Waals surface area contributed by atoms with Gasteiger partial charge in [-0.3, -0.25) is 0 Å². The molecule has 0 aliphatic heterocycles. The number of hydrogen-bond donors (Lipinski definition) is 1. The molecule has 0 aliphatic carbocycles. The summed E-state index contributed by atoms with van der Waals surface area (Å²) in [5.41, 5.74) is 1.81. The van der Waals surface area contributed by atoms with Gasteiger partial charge in [-0.2, -0.15) is 5.10 Å². The largest absolute Gasteiger partial charge is 0.387 e. The van der Waals surface area contributed by atoms with E-state index >= 15 is 0 Å². The van der Waals surface area contributed by atoms with E-state index in [1.807, 2.05) is 43.3 Å². The summed E-state index contributed by atoms with van der Waals surface area (Å²) < 4.78 is 1.77. The third-order valence-corrected chi connectivity index (χ3v) is 2.40. The number of aromatic nitrogens is 2. The molecule has 1 unspecified atom stereocenters. The van der Waals surface area contributed by atoms with Crippen LogP contribution < -0.4 is 0 Å². The molecule has 78 valence electrons. The lowest BCUT2D eigenvalue weighted by atomic mass is 10.2. The Hall–Kier alpha value is -1.61. The van der Waals surface area contributed by atoms with Gasteiger partial charge in [-0.05, 0) is 24.6 Å². The van der Waals surface area contributed by atoms with Gasteiger partial charge >= 0.3 is 0 Å². The molecule has 15 heavy (non-hydrogen) atoms. The zero-order valence-corrected chi connectivity index (χ0v) is 8.67. The van der Waals surface area contributed by atoms with Crippen LogP contribution in [-0.2, 0) is 0 Å². The van der Waals surface area contributed by atoms with E-state index in [0.29, 0.717) is 6.42 Å². The smallest absolute Gasteiger partial charge is 0.0958 e. The van der Waals surface area contributed by atoms with E-state index < -0.39 is 6.10 Å². The van der Waals surface area contributed by atoms with Gasteiger partial charge in [-0.25, -0.2) is 4.68 Å². The summed E-state index contributed by atoms with van der Waals surface area (Å²) in [5, 5.41) is 14.0. The third kappa shape index (κ3) is 1.92. The van der Waals surface area contributed by atoms with Crippen LogP contribution in [0.5, 0.6) is 0 Å². The Morgan fingerprint density at radius 2 is 2.00 bits per heavy atom. The first-order valence-corrected chi connectivity index (χ1v) is 5.10. The van der Waals surface area contributed by atoms with E-state index in [0.717, 1.165) is 11.4 Å². The third-order valence-electron chi connectivity index (χ3n) is 2.40. The summed E-state index contributed by atoms with van der Waals surface area (Å²) in [6.07, 6.45) is 1.95. The lowest BCUT2D eigenvalue weighted by Gasteiger charge is -2.11. The number of hydrogen-bond acceptors (Lipinski definition) is 2. The maximum Gasteiger partial charge on any atom is 0.0958 e. The number of nitrogens with zero attached hydrogens (tertiary/aromatic N) is 2. The van der Waals surface area contributed by atoms with E-state index in [-0.39, 0.29) is 0 Å². The molecule has 1 N–H and O–H groups in total. The van der Waals surface area contributed by atoms with E-state index in [1.165, 1.54) is 0 Å². The van der Waals surface area contributed by atoms with Gasteiger partial charge < -0.3 is 5.11 Å². The maximum absolute atomic E-state index is 9.80. The quantitative estimate of drug-likeness (QED) is 0.829. The van der Waals surface area contributed by atoms with Gasteiger partial charge in [0.2, 0.25) is 0 Å². The molecule has 1 heterocycles. The van der Waals surface area contributed by atoms with Crippen LogP contribution in [0.15, 0.2) is 42.6 Å². The normalized spacial score (nSPS) is 12.7. The Morgan fingerprint density at radius 3 is 2.67 bits per heavy atom. The fourth-order valence-corrected chi connectivity index (χ4v) is 1.56. The highest BCUT2D eigenvalue weighted by molar-refractivity contribution is 5.32. The summed E-state index contributed by atoms with van der Waals surface area (Å²) in [5.74, 6) is 0. The van der Waals surface area contributed by atoms with E-state index in [2.05, 4.69) is 5.10 Å². The Labute approximate surface area is 89.0 Å². The number of aliphatic hydroxyl groups excluding tert-OH is 1. The molecule has 1 atom stereocenters. The fraction of sp³-hybridized carbons (Fsp3) is 0.250. The molecule has 2 aromatic rings. The molecule has 0 fully saturated rings. The summed E-state index contributed by atoms with van der Waals surface area (Å²) in [6.45, 7) is 1.95. The van der Waals surface area contributed by atoms with Crippen molar-refractivity contribution in [1.29, 1.82) is 0 Å². The SMILES string of the molecule is CCC(O)c1ccnn1-c1ccccc1. The maximum atomic E-state index is 9.80. The average Bonchev–Trinajstić information content (AvgIpc) is 2.78. The first-order chi connectivity index (χ1) is 7.33. The van der Waals surface area contributed by atoms with Gasteiger partial charge in [0.1, 0.15) is 0 Å². The predicted molar refractivity (Wildman–Crippen MR) is 58.8 cm³/mol. The van der Waals surface area contributed by atoms with E-state index in [9.17, 15) is 5.11 Å². The van der Waals surface area contributed by atoms with Crippen LogP contribution >= 0.6 is 0 Å². The Bertz CT molecular complexity index is 422. The second kappa shape index (κ2) is 4.28. The van der Waals surface area contributed by atoms with Gasteiger partial charge in [-0.15, -0.1) is 0 Å². The van der Waals surface area contributed by atoms with Crippen molar-refractivity contribution < 1.29 is 5.11 Å². The van der Waals surface area contributed by atoms with Crippen molar-refractivity contribution in [3.8, 4) is 5.69 Å². The lowest BCUT2D eigenvalue weighted by Crippen LogP contribution is -2.06. The molecule has 2 rings (SSSR count). The fourth-order valence-electron chi connectivity index (χ4n) is 1.56. The van der Waals surface area contributed by atoms with Crippen LogP contribution in [0.3, 0.4) is 0 Å². The highest BCUT2D eigenvalue weighted by Gasteiger charge is 2.11. The van der Waals surface area contributed by atoms with Gasteiger partial charge in [0.25, 0.3) is 0 Å². The zero-order valence-electron chi connectivity index (χ0n) is 8.67. The molecule has 1 aromatic carbocycles. The minimum absolute atomic E-state index is 0.451. The van der Waals surface area contributed by atoms with E-state index in [1.54, 1.807) is 10.9 Å². The summed E-state index contributed by atoms with van der Waals surface area (Å²) in [6, 6.07) is 11.7. The van der Waals surface area contributed by atoms with Crippen LogP contribution in [-0.4, -0.2) is 14.9 Å². The molecule has 3 heteroatoms. The van der Waals surface area contributed by atoms with Crippen LogP contribution in [0.4, 0.5) is 0 Å². The minimum atomic E-state index is -0.451. The number of rotatable bonds is 3. The molecule has 0 saturated carbocycles. The Balaban J connectivity index is 2.41. The predicted octanol–water partition coefficient (Wildman–Crippen LogP) is 2.32. The van der Waals surface area contributed by atoms with Crippen LogP contribution in [0.2, 0.25) is 0 Å². The topological polar surface area (TPSA) is 38.1 Å². The average molecular weight is 202 g/mol. The van der Waals surface area contributed by atoms with Crippen LogP contribution in [0.1, 0.15) is 25.1 Å². The Kier molecular flexibility index (Phi) is 2.83. The van der Waals surface area contributed by atoms with Gasteiger partial charge in [0.05, 0.1) is 17.5 Å². The highest BCUT2D eigenvalue weighted by atomic mass is 16.3. The monoisotopic (exact) mass is 202 g/mol. The van der Waals surface area contributed by atoms with Gasteiger partial charge in [0.15, 0.2) is 0 Å².